The molecule has 74 valence electrons. The molecule has 0 atom stereocenters. The van der Waals surface area contributed by atoms with Crippen LogP contribution in [0.3, 0.4) is 0 Å². The van der Waals surface area contributed by atoms with Gasteiger partial charge in [-0.25, -0.2) is 0 Å². The Hall–Kier alpha value is -0.830. The van der Waals surface area contributed by atoms with E-state index in [1.165, 1.54) is 0 Å². The average molecular weight is 184 g/mol. The SMILES string of the molecule is COCCc1c[n+](C(C)(C)C)co1. The quantitative estimate of drug-likeness (QED) is 0.666. The summed E-state index contributed by atoms with van der Waals surface area (Å²) in [4.78, 5) is 0. The van der Waals surface area contributed by atoms with E-state index in [2.05, 4.69) is 25.3 Å². The van der Waals surface area contributed by atoms with Crippen molar-refractivity contribution in [1.29, 1.82) is 0 Å². The first-order valence-electron chi connectivity index (χ1n) is 4.52. The molecule has 0 N–H and O–H groups in total. The minimum Gasteiger partial charge on any atom is -0.409 e. The van der Waals surface area contributed by atoms with E-state index >= 15 is 0 Å². The zero-order chi connectivity index (χ0) is 9.90. The van der Waals surface area contributed by atoms with Gasteiger partial charge in [0.2, 0.25) is 6.20 Å². The third-order valence-corrected chi connectivity index (χ3v) is 1.93. The van der Waals surface area contributed by atoms with E-state index in [4.69, 9.17) is 9.15 Å². The highest BCUT2D eigenvalue weighted by molar-refractivity contribution is 4.84. The van der Waals surface area contributed by atoms with Gasteiger partial charge in [0.05, 0.1) is 6.61 Å². The Morgan fingerprint density at radius 3 is 2.62 bits per heavy atom. The fourth-order valence-electron chi connectivity index (χ4n) is 1.02. The number of rotatable bonds is 3. The van der Waals surface area contributed by atoms with Gasteiger partial charge in [-0.15, -0.1) is 0 Å². The first-order chi connectivity index (χ1) is 6.04. The molecule has 0 aliphatic rings. The molecule has 0 aliphatic heterocycles. The number of oxazole rings is 1. The summed E-state index contributed by atoms with van der Waals surface area (Å²) in [5, 5.41) is 0. The summed E-state index contributed by atoms with van der Waals surface area (Å²) < 4.78 is 12.4. The summed E-state index contributed by atoms with van der Waals surface area (Å²) in [5.74, 6) is 0.969. The van der Waals surface area contributed by atoms with E-state index in [-0.39, 0.29) is 5.54 Å². The first-order valence-corrected chi connectivity index (χ1v) is 4.52. The second-order valence-corrected chi connectivity index (χ2v) is 4.14. The molecule has 1 aromatic heterocycles. The van der Waals surface area contributed by atoms with Gasteiger partial charge in [0.15, 0.2) is 11.3 Å². The monoisotopic (exact) mass is 184 g/mol. The summed E-state index contributed by atoms with van der Waals surface area (Å²) in [6.45, 7) is 7.13. The molecule has 0 fully saturated rings. The second-order valence-electron chi connectivity index (χ2n) is 4.14. The number of methoxy groups -OCH3 is 1. The predicted octanol–water partition coefficient (Wildman–Crippen LogP) is 1.51. The standard InChI is InChI=1S/C10H18NO2/c1-10(2,3)11-7-9(13-8-11)5-6-12-4/h7-8H,5-6H2,1-4H3/q+1. The van der Waals surface area contributed by atoms with Crippen LogP contribution in [0.2, 0.25) is 0 Å². The Morgan fingerprint density at radius 1 is 1.46 bits per heavy atom. The lowest BCUT2D eigenvalue weighted by atomic mass is 10.1. The van der Waals surface area contributed by atoms with E-state index in [1.807, 2.05) is 6.20 Å². The summed E-state index contributed by atoms with van der Waals surface area (Å²) >= 11 is 0. The average Bonchev–Trinajstić information content (AvgIpc) is 2.47. The smallest absolute Gasteiger partial charge is 0.335 e. The number of aromatic nitrogens is 1. The van der Waals surface area contributed by atoms with Crippen LogP contribution in [0.4, 0.5) is 0 Å². The predicted molar refractivity (Wildman–Crippen MR) is 49.5 cm³/mol. The minimum absolute atomic E-state index is 0.0921. The van der Waals surface area contributed by atoms with Crippen molar-refractivity contribution in [3.05, 3.63) is 18.4 Å². The van der Waals surface area contributed by atoms with E-state index < -0.39 is 0 Å². The second kappa shape index (κ2) is 3.92. The summed E-state index contributed by atoms with van der Waals surface area (Å²) in [5.41, 5.74) is 0.0921. The molecule has 0 aliphatic carbocycles. The van der Waals surface area contributed by atoms with Crippen molar-refractivity contribution in [2.45, 2.75) is 32.7 Å². The molecule has 3 heteroatoms. The molecule has 0 saturated heterocycles. The fraction of sp³-hybridized carbons (Fsp3) is 0.700. The van der Waals surface area contributed by atoms with Crippen molar-refractivity contribution in [3.63, 3.8) is 0 Å². The van der Waals surface area contributed by atoms with Gasteiger partial charge in [0.25, 0.3) is 0 Å². The van der Waals surface area contributed by atoms with Crippen LogP contribution in [0, 0.1) is 0 Å². The van der Waals surface area contributed by atoms with Crippen molar-refractivity contribution in [1.82, 2.24) is 0 Å². The number of ether oxygens (including phenoxy) is 1. The van der Waals surface area contributed by atoms with E-state index in [0.29, 0.717) is 6.61 Å². The maximum atomic E-state index is 5.38. The van der Waals surface area contributed by atoms with Gasteiger partial charge < -0.3 is 9.15 Å². The van der Waals surface area contributed by atoms with Gasteiger partial charge in [0, 0.05) is 34.3 Å². The highest BCUT2D eigenvalue weighted by atomic mass is 16.5. The van der Waals surface area contributed by atoms with Crippen LogP contribution in [0.25, 0.3) is 0 Å². The molecule has 0 unspecified atom stereocenters. The largest absolute Gasteiger partial charge is 0.409 e. The summed E-state index contributed by atoms with van der Waals surface area (Å²) in [7, 11) is 1.70. The lowest BCUT2D eigenvalue weighted by Crippen LogP contribution is -2.48. The molecule has 1 rings (SSSR count). The Morgan fingerprint density at radius 2 is 2.15 bits per heavy atom. The molecule has 0 amide bonds. The van der Waals surface area contributed by atoms with Crippen molar-refractivity contribution >= 4 is 0 Å². The van der Waals surface area contributed by atoms with Gasteiger partial charge >= 0.3 is 6.39 Å². The Balaban J connectivity index is 2.64. The molecule has 0 saturated carbocycles. The topological polar surface area (TPSA) is 26.2 Å². The van der Waals surface area contributed by atoms with Gasteiger partial charge in [0.1, 0.15) is 0 Å². The highest BCUT2D eigenvalue weighted by Crippen LogP contribution is 2.06. The number of hydrogen-bond acceptors (Lipinski definition) is 2. The number of nitrogens with zero attached hydrogens (tertiary/aromatic N) is 1. The van der Waals surface area contributed by atoms with Gasteiger partial charge in [-0.3, -0.25) is 0 Å². The number of hydrogen-bond donors (Lipinski definition) is 0. The Labute approximate surface area is 79.3 Å². The first kappa shape index (κ1) is 10.3. The molecule has 13 heavy (non-hydrogen) atoms. The molecule has 1 aromatic rings. The van der Waals surface area contributed by atoms with Crippen molar-refractivity contribution in [3.8, 4) is 0 Å². The maximum absolute atomic E-state index is 5.38. The summed E-state index contributed by atoms with van der Waals surface area (Å²) in [6.07, 6.45) is 4.61. The van der Waals surface area contributed by atoms with Crippen molar-refractivity contribution in [2.75, 3.05) is 13.7 Å². The fourth-order valence-corrected chi connectivity index (χ4v) is 1.02. The van der Waals surface area contributed by atoms with Crippen molar-refractivity contribution < 1.29 is 13.7 Å². The van der Waals surface area contributed by atoms with Crippen molar-refractivity contribution in [2.24, 2.45) is 0 Å². The zero-order valence-corrected chi connectivity index (χ0v) is 8.83. The molecular formula is C10H18NO2+. The molecule has 0 spiro atoms. The Bertz CT molecular complexity index is 260. The molecule has 1 heterocycles. The highest BCUT2D eigenvalue weighted by Gasteiger charge is 2.23. The van der Waals surface area contributed by atoms with Crippen LogP contribution in [-0.4, -0.2) is 13.7 Å². The Kier molecular flexibility index (Phi) is 3.09. The van der Waals surface area contributed by atoms with Crippen LogP contribution in [0.1, 0.15) is 26.5 Å². The van der Waals surface area contributed by atoms with E-state index in [0.717, 1.165) is 12.2 Å². The summed E-state index contributed by atoms with van der Waals surface area (Å²) in [6, 6.07) is 0. The van der Waals surface area contributed by atoms with Crippen LogP contribution in [0.5, 0.6) is 0 Å². The molecular weight excluding hydrogens is 166 g/mol. The molecule has 0 radical (unpaired) electrons. The normalized spacial score (nSPS) is 12.0. The minimum atomic E-state index is 0.0921. The molecule has 0 bridgehead atoms. The van der Waals surface area contributed by atoms with Crippen LogP contribution >= 0.6 is 0 Å². The molecule has 0 aromatic carbocycles. The van der Waals surface area contributed by atoms with Gasteiger partial charge in [-0.1, -0.05) is 0 Å². The lowest BCUT2D eigenvalue weighted by Gasteiger charge is -2.07. The van der Waals surface area contributed by atoms with Crippen LogP contribution in [-0.2, 0) is 16.7 Å². The molecule has 3 nitrogen and oxygen atoms in total. The van der Waals surface area contributed by atoms with Gasteiger partial charge in [-0.2, -0.15) is 4.57 Å². The van der Waals surface area contributed by atoms with Crippen LogP contribution < -0.4 is 4.57 Å². The van der Waals surface area contributed by atoms with Gasteiger partial charge in [-0.05, 0) is 0 Å². The zero-order valence-electron chi connectivity index (χ0n) is 8.83. The van der Waals surface area contributed by atoms with E-state index in [1.54, 1.807) is 13.5 Å². The maximum Gasteiger partial charge on any atom is 0.335 e. The van der Waals surface area contributed by atoms with E-state index in [9.17, 15) is 0 Å². The third kappa shape index (κ3) is 2.84. The van der Waals surface area contributed by atoms with Crippen LogP contribution in [0.15, 0.2) is 17.0 Å². The third-order valence-electron chi connectivity index (χ3n) is 1.93. The lowest BCUT2D eigenvalue weighted by molar-refractivity contribution is -0.756.